The minimum Gasteiger partial charge on any atom is -0.466 e. The molecule has 0 rings (SSSR count). The van der Waals surface area contributed by atoms with Gasteiger partial charge in [0.05, 0.1) is 26.4 Å². The van der Waals surface area contributed by atoms with Crippen LogP contribution in [-0.4, -0.2) is 26.3 Å². The smallest absolute Gasteiger partial charge is 0.466 e. The molecule has 0 radical (unpaired) electrons. The number of esters is 1. The highest BCUT2D eigenvalue weighted by Gasteiger charge is 2.28. The van der Waals surface area contributed by atoms with Gasteiger partial charge < -0.3 is 9.26 Å². The molecule has 0 aliphatic rings. The first-order valence-electron chi connectivity index (χ1n) is 6.56. The van der Waals surface area contributed by atoms with Gasteiger partial charge in [-0.2, -0.15) is 0 Å². The number of carbonyl (C=O) groups excluding carboxylic acids is 1. The van der Waals surface area contributed by atoms with Crippen molar-refractivity contribution in [3.63, 3.8) is 0 Å². The third-order valence-electron chi connectivity index (χ3n) is 1.94. The molecule has 0 aliphatic heterocycles. The molecule has 0 bridgehead atoms. The van der Waals surface area contributed by atoms with Crippen LogP contribution in [0.1, 0.15) is 27.7 Å². The summed E-state index contributed by atoms with van der Waals surface area (Å²) in [7, 11) is -2.52. The van der Waals surface area contributed by atoms with Gasteiger partial charge in [0.25, 0.3) is 0 Å². The van der Waals surface area contributed by atoms with Crippen LogP contribution in [0, 0.1) is 0 Å². The van der Waals surface area contributed by atoms with Gasteiger partial charge in [-0.15, -0.1) is 0 Å². The van der Waals surface area contributed by atoms with Gasteiger partial charge in [0.2, 0.25) is 0 Å². The van der Waals surface area contributed by atoms with Crippen molar-refractivity contribution in [2.24, 2.45) is 0 Å². The summed E-state index contributed by atoms with van der Waals surface area (Å²) in [5.74, 6) is -0.601. The number of ether oxygens (including phenoxy) is 1. The fourth-order valence-electron chi connectivity index (χ4n) is 1.15. The van der Waals surface area contributed by atoms with Crippen LogP contribution in [0.4, 0.5) is 0 Å². The van der Waals surface area contributed by atoms with E-state index in [1.165, 1.54) is 13.2 Å². The number of carbonyl (C=O) groups is 1. The predicted octanol–water partition coefficient (Wildman–Crippen LogP) is 3.76. The second-order valence-electron chi connectivity index (χ2n) is 4.05. The first kappa shape index (κ1) is 19.6. The summed E-state index contributed by atoms with van der Waals surface area (Å²) in [5.41, 5.74) is 1.06. The molecule has 0 saturated carbocycles. The summed E-state index contributed by atoms with van der Waals surface area (Å²) in [6.45, 7) is 7.47. The van der Waals surface area contributed by atoms with E-state index in [1.54, 1.807) is 26.0 Å². The monoisotopic (exact) mass is 318 g/mol. The van der Waals surface area contributed by atoms with E-state index in [2.05, 4.69) is 4.74 Å². The zero-order chi connectivity index (χ0) is 16.3. The average molecular weight is 318 g/mol. The molecule has 7 heteroatoms. The molecule has 21 heavy (non-hydrogen) atoms. The Morgan fingerprint density at radius 1 is 1.14 bits per heavy atom. The first-order valence-corrected chi connectivity index (χ1v) is 8.02. The summed E-state index contributed by atoms with van der Waals surface area (Å²) < 4.78 is 32.1. The summed E-state index contributed by atoms with van der Waals surface area (Å²) >= 11 is 0. The number of allylic oxidation sites excluding steroid dienone is 4. The van der Waals surface area contributed by atoms with E-state index >= 15 is 0 Å². The molecule has 0 aliphatic carbocycles. The Balaban J connectivity index is 5.25. The number of rotatable bonds is 9. The van der Waals surface area contributed by atoms with Crippen LogP contribution < -0.4 is 0 Å². The number of methoxy groups -OCH3 is 1. The quantitative estimate of drug-likeness (QED) is 0.212. The zero-order valence-electron chi connectivity index (χ0n) is 13.1. The molecule has 0 aromatic heterocycles. The Morgan fingerprint density at radius 2 is 1.71 bits per heavy atom. The molecule has 0 aromatic rings. The highest BCUT2D eigenvalue weighted by molar-refractivity contribution is 7.48. The zero-order valence-corrected chi connectivity index (χ0v) is 14.0. The van der Waals surface area contributed by atoms with Gasteiger partial charge in [-0.3, -0.25) is 9.05 Å². The van der Waals surface area contributed by atoms with Crippen LogP contribution in [0.3, 0.4) is 0 Å². The SMILES string of the molecule is CCOP(=O)(OCC)OC(/C=C/C=C(C)C)=C/C(=O)OC. The Kier molecular flexibility index (Phi) is 9.71. The molecule has 0 amide bonds. The number of hydrogen-bond acceptors (Lipinski definition) is 6. The lowest BCUT2D eigenvalue weighted by atomic mass is 10.3. The summed E-state index contributed by atoms with van der Waals surface area (Å²) in [6.07, 6.45) is 6.02. The van der Waals surface area contributed by atoms with Crippen molar-refractivity contribution in [3.05, 3.63) is 35.6 Å². The van der Waals surface area contributed by atoms with Gasteiger partial charge in [0.15, 0.2) is 0 Å². The van der Waals surface area contributed by atoms with Gasteiger partial charge in [-0.05, 0) is 33.8 Å². The molecule has 0 unspecified atom stereocenters. The fraction of sp³-hybridized carbons (Fsp3) is 0.500. The molecule has 0 N–H and O–H groups in total. The lowest BCUT2D eigenvalue weighted by molar-refractivity contribution is -0.134. The van der Waals surface area contributed by atoms with Crippen molar-refractivity contribution in [1.29, 1.82) is 0 Å². The van der Waals surface area contributed by atoms with Crippen molar-refractivity contribution in [2.45, 2.75) is 27.7 Å². The van der Waals surface area contributed by atoms with E-state index in [0.717, 1.165) is 11.6 Å². The van der Waals surface area contributed by atoms with E-state index in [1.807, 2.05) is 13.8 Å². The van der Waals surface area contributed by atoms with E-state index in [0.29, 0.717) is 0 Å². The van der Waals surface area contributed by atoms with Gasteiger partial charge in [-0.25, -0.2) is 9.36 Å². The molecule has 0 atom stereocenters. The van der Waals surface area contributed by atoms with Crippen LogP contribution in [0.25, 0.3) is 0 Å². The Bertz CT molecular complexity index is 450. The Morgan fingerprint density at radius 3 is 2.14 bits per heavy atom. The maximum absolute atomic E-state index is 12.3. The van der Waals surface area contributed by atoms with Crippen LogP contribution in [0.2, 0.25) is 0 Å². The van der Waals surface area contributed by atoms with Crippen molar-refractivity contribution >= 4 is 13.8 Å². The summed E-state index contributed by atoms with van der Waals surface area (Å²) in [5, 5.41) is 0. The molecule has 0 saturated heterocycles. The maximum atomic E-state index is 12.3. The fourth-order valence-corrected chi connectivity index (χ4v) is 2.33. The van der Waals surface area contributed by atoms with E-state index in [4.69, 9.17) is 13.6 Å². The van der Waals surface area contributed by atoms with Crippen molar-refractivity contribution < 1.29 is 27.7 Å². The third-order valence-corrected chi connectivity index (χ3v) is 3.53. The predicted molar refractivity (Wildman–Crippen MR) is 80.6 cm³/mol. The highest BCUT2D eigenvalue weighted by Crippen LogP contribution is 2.51. The van der Waals surface area contributed by atoms with Crippen molar-refractivity contribution in [3.8, 4) is 0 Å². The largest absolute Gasteiger partial charge is 0.530 e. The van der Waals surface area contributed by atoms with Gasteiger partial charge in [0, 0.05) is 0 Å². The third kappa shape index (κ3) is 9.24. The van der Waals surface area contributed by atoms with Crippen molar-refractivity contribution in [1.82, 2.24) is 0 Å². The summed E-state index contributed by atoms with van der Waals surface area (Å²) in [4.78, 5) is 11.3. The first-order chi connectivity index (χ1) is 9.86. The molecular formula is C14H23O6P. The van der Waals surface area contributed by atoms with Crippen LogP contribution >= 0.6 is 7.82 Å². The highest BCUT2D eigenvalue weighted by atomic mass is 31.2. The van der Waals surface area contributed by atoms with Crippen LogP contribution in [0.5, 0.6) is 0 Å². The molecule has 0 spiro atoms. The standard InChI is InChI=1S/C14H23O6P/c1-6-18-21(16,19-7-2)20-13(11-14(15)17-5)10-8-9-12(3)4/h8-11H,6-7H2,1-5H3/b10-8+,13-11+. The van der Waals surface area contributed by atoms with E-state index < -0.39 is 13.8 Å². The van der Waals surface area contributed by atoms with Gasteiger partial charge in [0.1, 0.15) is 5.76 Å². The van der Waals surface area contributed by atoms with Crippen LogP contribution in [0.15, 0.2) is 35.6 Å². The Hall–Kier alpha value is -1.36. The molecule has 6 nitrogen and oxygen atoms in total. The second-order valence-corrected chi connectivity index (χ2v) is 5.64. The second kappa shape index (κ2) is 10.4. The molecule has 0 heterocycles. The molecule has 0 aromatic carbocycles. The lowest BCUT2D eigenvalue weighted by Gasteiger charge is -2.17. The number of phosphoric ester groups is 1. The molecule has 120 valence electrons. The number of phosphoric acid groups is 1. The minimum absolute atomic E-state index is 0.0320. The minimum atomic E-state index is -3.75. The summed E-state index contributed by atoms with van der Waals surface area (Å²) in [6, 6.07) is 0. The molecular weight excluding hydrogens is 295 g/mol. The van der Waals surface area contributed by atoms with Gasteiger partial charge >= 0.3 is 13.8 Å². The van der Waals surface area contributed by atoms with Gasteiger partial charge in [-0.1, -0.05) is 17.7 Å². The van der Waals surface area contributed by atoms with Crippen molar-refractivity contribution in [2.75, 3.05) is 20.3 Å². The lowest BCUT2D eigenvalue weighted by Crippen LogP contribution is -2.02. The Labute approximate surface area is 126 Å². The van der Waals surface area contributed by atoms with E-state index in [9.17, 15) is 9.36 Å². The maximum Gasteiger partial charge on any atom is 0.530 e. The van der Waals surface area contributed by atoms with E-state index in [-0.39, 0.29) is 19.0 Å². The van der Waals surface area contributed by atoms with Crippen LogP contribution in [-0.2, 0) is 27.7 Å². The number of hydrogen-bond donors (Lipinski definition) is 0. The molecule has 0 fully saturated rings. The normalized spacial score (nSPS) is 12.3. The average Bonchev–Trinajstić information content (AvgIpc) is 2.38. The topological polar surface area (TPSA) is 71.1 Å².